The summed E-state index contributed by atoms with van der Waals surface area (Å²) in [5, 5.41) is 2.07. The highest BCUT2D eigenvalue weighted by Gasteiger charge is 2.13. The molecule has 0 amide bonds. The van der Waals surface area contributed by atoms with E-state index in [1.807, 2.05) is 6.07 Å². The third kappa shape index (κ3) is 0.985. The van der Waals surface area contributed by atoms with Crippen LogP contribution < -0.4 is 0 Å². The van der Waals surface area contributed by atoms with Crippen molar-refractivity contribution in [3.8, 4) is 0 Å². The summed E-state index contributed by atoms with van der Waals surface area (Å²) in [5.74, 6) is 1.63. The number of aryl methyl sites for hydroxylation is 1. The number of hydrogen-bond donors (Lipinski definition) is 0. The summed E-state index contributed by atoms with van der Waals surface area (Å²) < 4.78 is 7.02. The quantitative estimate of drug-likeness (QED) is 0.648. The molecule has 0 unspecified atom stereocenters. The Kier molecular flexibility index (Phi) is 1.72. The van der Waals surface area contributed by atoms with Gasteiger partial charge in [-0.1, -0.05) is 13.8 Å². The van der Waals surface area contributed by atoms with E-state index in [0.29, 0.717) is 5.92 Å². The minimum absolute atomic E-state index is 0.490. The molecule has 0 N–H and O–H groups in total. The van der Waals surface area contributed by atoms with Gasteiger partial charge in [0.25, 0.3) is 0 Å². The van der Waals surface area contributed by atoms with Crippen molar-refractivity contribution in [1.82, 2.24) is 0 Å². The fourth-order valence-electron chi connectivity index (χ4n) is 1.51. The first-order valence-corrected chi connectivity index (χ1v) is 5.04. The molecule has 2 heterocycles. The van der Waals surface area contributed by atoms with Gasteiger partial charge in [-0.25, -0.2) is 0 Å². The van der Waals surface area contributed by atoms with Crippen molar-refractivity contribution in [2.24, 2.45) is 0 Å². The molecule has 0 saturated carbocycles. The van der Waals surface area contributed by atoms with Gasteiger partial charge in [0.1, 0.15) is 11.3 Å². The SMILES string of the molecule is Cc1c(C(C)C)oc2ccsc12. The summed E-state index contributed by atoms with van der Waals surface area (Å²) in [5.41, 5.74) is 2.36. The van der Waals surface area contributed by atoms with Gasteiger partial charge in [0, 0.05) is 11.5 Å². The van der Waals surface area contributed by atoms with Crippen molar-refractivity contribution in [3.05, 3.63) is 22.8 Å². The molecule has 0 fully saturated rings. The van der Waals surface area contributed by atoms with Gasteiger partial charge >= 0.3 is 0 Å². The highest BCUT2D eigenvalue weighted by molar-refractivity contribution is 7.17. The Hall–Kier alpha value is -0.760. The van der Waals surface area contributed by atoms with Gasteiger partial charge in [-0.15, -0.1) is 11.3 Å². The van der Waals surface area contributed by atoms with Crippen molar-refractivity contribution < 1.29 is 4.42 Å². The summed E-state index contributed by atoms with van der Waals surface area (Å²) in [6, 6.07) is 2.04. The van der Waals surface area contributed by atoms with E-state index in [1.165, 1.54) is 10.3 Å². The van der Waals surface area contributed by atoms with E-state index >= 15 is 0 Å². The molecule has 0 atom stereocenters. The van der Waals surface area contributed by atoms with Crippen molar-refractivity contribution >= 4 is 21.6 Å². The molecule has 0 aliphatic carbocycles. The van der Waals surface area contributed by atoms with Crippen LogP contribution in [0.2, 0.25) is 0 Å². The fourth-order valence-corrected chi connectivity index (χ4v) is 2.34. The van der Waals surface area contributed by atoms with Crippen LogP contribution in [-0.4, -0.2) is 0 Å². The van der Waals surface area contributed by atoms with Crippen LogP contribution in [0, 0.1) is 6.92 Å². The maximum atomic E-state index is 5.71. The Morgan fingerprint density at radius 2 is 2.17 bits per heavy atom. The third-order valence-electron chi connectivity index (χ3n) is 2.08. The molecule has 64 valence electrons. The number of furan rings is 1. The highest BCUT2D eigenvalue weighted by Crippen LogP contribution is 2.33. The maximum absolute atomic E-state index is 5.71. The lowest BCUT2D eigenvalue weighted by Crippen LogP contribution is -1.85. The predicted octanol–water partition coefficient (Wildman–Crippen LogP) is 3.93. The predicted molar refractivity (Wildman–Crippen MR) is 52.9 cm³/mol. The smallest absolute Gasteiger partial charge is 0.145 e. The molecule has 2 aromatic heterocycles. The minimum atomic E-state index is 0.490. The van der Waals surface area contributed by atoms with Gasteiger partial charge in [0.2, 0.25) is 0 Å². The van der Waals surface area contributed by atoms with E-state index in [2.05, 4.69) is 26.2 Å². The lowest BCUT2D eigenvalue weighted by molar-refractivity contribution is 0.518. The second-order valence-corrected chi connectivity index (χ2v) is 4.28. The summed E-state index contributed by atoms with van der Waals surface area (Å²) in [6.45, 7) is 6.46. The van der Waals surface area contributed by atoms with Gasteiger partial charge in [-0.3, -0.25) is 0 Å². The lowest BCUT2D eigenvalue weighted by Gasteiger charge is -1.99. The Morgan fingerprint density at radius 3 is 2.75 bits per heavy atom. The van der Waals surface area contributed by atoms with Gasteiger partial charge in [0.05, 0.1) is 4.70 Å². The van der Waals surface area contributed by atoms with E-state index in [4.69, 9.17) is 4.42 Å². The average molecular weight is 180 g/mol. The monoisotopic (exact) mass is 180 g/mol. The molecule has 0 bridgehead atoms. The lowest BCUT2D eigenvalue weighted by atomic mass is 10.1. The topological polar surface area (TPSA) is 13.1 Å². The van der Waals surface area contributed by atoms with Gasteiger partial charge in [-0.2, -0.15) is 0 Å². The maximum Gasteiger partial charge on any atom is 0.145 e. The Labute approximate surface area is 76.0 Å². The second-order valence-electron chi connectivity index (χ2n) is 3.36. The molecule has 0 saturated heterocycles. The first-order valence-electron chi connectivity index (χ1n) is 4.16. The molecule has 0 spiro atoms. The molecule has 2 heteroatoms. The van der Waals surface area contributed by atoms with Crippen LogP contribution in [0.3, 0.4) is 0 Å². The fraction of sp³-hybridized carbons (Fsp3) is 0.400. The normalized spacial score (nSPS) is 11.7. The molecule has 0 aromatic carbocycles. The average Bonchev–Trinajstić information content (AvgIpc) is 2.53. The number of rotatable bonds is 1. The molecule has 0 aliphatic heterocycles. The van der Waals surface area contributed by atoms with Crippen LogP contribution in [0.4, 0.5) is 0 Å². The molecule has 0 radical (unpaired) electrons. The first-order chi connectivity index (χ1) is 5.70. The molecular weight excluding hydrogens is 168 g/mol. The number of fused-ring (bicyclic) bond motifs is 1. The van der Waals surface area contributed by atoms with Gasteiger partial charge < -0.3 is 4.42 Å². The standard InChI is InChI=1S/C10H12OS/c1-6(2)9-7(3)10-8(11-9)4-5-12-10/h4-6H,1-3H3. The van der Waals surface area contributed by atoms with Crippen molar-refractivity contribution in [3.63, 3.8) is 0 Å². The molecule has 0 aliphatic rings. The van der Waals surface area contributed by atoms with E-state index in [1.54, 1.807) is 11.3 Å². The molecule has 2 aromatic rings. The van der Waals surface area contributed by atoms with Crippen LogP contribution in [0.1, 0.15) is 31.1 Å². The largest absolute Gasteiger partial charge is 0.460 e. The van der Waals surface area contributed by atoms with E-state index < -0.39 is 0 Å². The Morgan fingerprint density at radius 1 is 1.42 bits per heavy atom. The first kappa shape index (κ1) is 7.87. The van der Waals surface area contributed by atoms with Crippen LogP contribution >= 0.6 is 11.3 Å². The van der Waals surface area contributed by atoms with E-state index in [0.717, 1.165) is 11.3 Å². The summed E-state index contributed by atoms with van der Waals surface area (Å²) in [4.78, 5) is 0. The third-order valence-corrected chi connectivity index (χ3v) is 3.10. The van der Waals surface area contributed by atoms with Crippen molar-refractivity contribution in [2.45, 2.75) is 26.7 Å². The summed E-state index contributed by atoms with van der Waals surface area (Å²) >= 11 is 1.76. The molecule has 2 rings (SSSR count). The van der Waals surface area contributed by atoms with E-state index in [9.17, 15) is 0 Å². The van der Waals surface area contributed by atoms with Gasteiger partial charge in [0.15, 0.2) is 0 Å². The molecule has 12 heavy (non-hydrogen) atoms. The molecule has 1 nitrogen and oxygen atoms in total. The summed E-state index contributed by atoms with van der Waals surface area (Å²) in [7, 11) is 0. The minimum Gasteiger partial charge on any atom is -0.460 e. The zero-order valence-corrected chi connectivity index (χ0v) is 8.37. The van der Waals surface area contributed by atoms with Crippen LogP contribution in [0.15, 0.2) is 15.9 Å². The van der Waals surface area contributed by atoms with Crippen molar-refractivity contribution in [1.29, 1.82) is 0 Å². The zero-order chi connectivity index (χ0) is 8.72. The molecular formula is C10H12OS. The van der Waals surface area contributed by atoms with Crippen LogP contribution in [-0.2, 0) is 0 Å². The number of thiophene rings is 1. The Bertz CT molecular complexity index is 395. The van der Waals surface area contributed by atoms with E-state index in [-0.39, 0.29) is 0 Å². The number of hydrogen-bond acceptors (Lipinski definition) is 2. The van der Waals surface area contributed by atoms with Gasteiger partial charge in [-0.05, 0) is 18.4 Å². The highest BCUT2D eigenvalue weighted by atomic mass is 32.1. The second kappa shape index (κ2) is 2.63. The summed E-state index contributed by atoms with van der Waals surface area (Å²) in [6.07, 6.45) is 0. The van der Waals surface area contributed by atoms with Crippen molar-refractivity contribution in [2.75, 3.05) is 0 Å². The van der Waals surface area contributed by atoms with Crippen LogP contribution in [0.25, 0.3) is 10.3 Å². The zero-order valence-electron chi connectivity index (χ0n) is 7.55. The van der Waals surface area contributed by atoms with Crippen LogP contribution in [0.5, 0.6) is 0 Å². The Balaban J connectivity index is 2.70.